The van der Waals surface area contributed by atoms with Gasteiger partial charge >= 0.3 is 0 Å². The number of hydrogen-bond donors (Lipinski definition) is 1. The lowest BCUT2D eigenvalue weighted by Crippen LogP contribution is -2.22. The van der Waals surface area contributed by atoms with E-state index in [1.807, 2.05) is 12.1 Å². The lowest BCUT2D eigenvalue weighted by Gasteiger charge is -2.19. The van der Waals surface area contributed by atoms with Crippen LogP contribution in [0.1, 0.15) is 37.8 Å². The maximum Gasteiger partial charge on any atom is 0.135 e. The lowest BCUT2D eigenvalue weighted by atomic mass is 10.0. The molecule has 100 valence electrons. The van der Waals surface area contributed by atoms with Crippen molar-refractivity contribution in [3.05, 3.63) is 23.8 Å². The van der Waals surface area contributed by atoms with Crippen LogP contribution in [0.2, 0.25) is 0 Å². The molecule has 0 fully saturated rings. The molecule has 1 heterocycles. The van der Waals surface area contributed by atoms with Crippen LogP contribution in [0.15, 0.2) is 23.1 Å². The Bertz CT molecular complexity index is 434. The summed E-state index contributed by atoms with van der Waals surface area (Å²) in [7, 11) is 0.710. The first kappa shape index (κ1) is 13.6. The molecular weight excluding hydrogens is 246 g/mol. The molecule has 2 rings (SSSR count). The van der Waals surface area contributed by atoms with E-state index in [1.165, 1.54) is 0 Å². The van der Waals surface area contributed by atoms with Crippen LogP contribution in [0, 0.1) is 0 Å². The zero-order chi connectivity index (χ0) is 13.0. The van der Waals surface area contributed by atoms with Gasteiger partial charge in [0, 0.05) is 11.8 Å². The van der Waals surface area contributed by atoms with E-state index in [4.69, 9.17) is 4.74 Å². The van der Waals surface area contributed by atoms with Crippen molar-refractivity contribution in [2.45, 2.75) is 37.1 Å². The van der Waals surface area contributed by atoms with E-state index in [9.17, 15) is 4.21 Å². The first-order chi connectivity index (χ1) is 8.77. The number of ether oxygens (including phenoxy) is 1. The third kappa shape index (κ3) is 2.75. The average molecular weight is 267 g/mol. The van der Waals surface area contributed by atoms with E-state index in [2.05, 4.69) is 18.3 Å². The molecule has 3 nitrogen and oxygen atoms in total. The molecule has 1 aromatic carbocycles. The molecule has 0 spiro atoms. The predicted molar refractivity (Wildman–Crippen MR) is 74.5 cm³/mol. The summed E-state index contributed by atoms with van der Waals surface area (Å²) in [6.07, 6.45) is 3.15. The Kier molecular flexibility index (Phi) is 4.78. The van der Waals surface area contributed by atoms with Crippen molar-refractivity contribution in [1.29, 1.82) is 0 Å². The van der Waals surface area contributed by atoms with E-state index in [1.54, 1.807) is 7.11 Å². The van der Waals surface area contributed by atoms with Crippen LogP contribution in [0.25, 0.3) is 0 Å². The zero-order valence-corrected chi connectivity index (χ0v) is 11.9. The second-order valence-electron chi connectivity index (χ2n) is 4.58. The summed E-state index contributed by atoms with van der Waals surface area (Å²) in [6, 6.07) is 6.27. The van der Waals surface area contributed by atoms with Gasteiger partial charge in [0.05, 0.1) is 22.8 Å². The SMILES string of the molecule is CCCNC1CCCS(=O)c2c(OC)cccc21. The number of rotatable bonds is 4. The molecule has 1 aliphatic rings. The van der Waals surface area contributed by atoms with Crippen LogP contribution in [0.5, 0.6) is 5.75 Å². The van der Waals surface area contributed by atoms with Gasteiger partial charge in [0.15, 0.2) is 0 Å². The van der Waals surface area contributed by atoms with E-state index in [0.717, 1.165) is 47.8 Å². The Morgan fingerprint density at radius 1 is 1.50 bits per heavy atom. The fourth-order valence-electron chi connectivity index (χ4n) is 2.42. The van der Waals surface area contributed by atoms with Gasteiger partial charge in [0.2, 0.25) is 0 Å². The van der Waals surface area contributed by atoms with Crippen LogP contribution in [0.3, 0.4) is 0 Å². The summed E-state index contributed by atoms with van der Waals surface area (Å²) in [6.45, 7) is 3.16. The summed E-state index contributed by atoms with van der Waals surface area (Å²) in [5, 5.41) is 3.55. The molecule has 0 radical (unpaired) electrons. The second-order valence-corrected chi connectivity index (χ2v) is 6.08. The first-order valence-electron chi connectivity index (χ1n) is 6.56. The van der Waals surface area contributed by atoms with Gasteiger partial charge in [0.1, 0.15) is 5.75 Å². The molecule has 0 saturated carbocycles. The van der Waals surface area contributed by atoms with E-state index in [0.29, 0.717) is 6.04 Å². The molecule has 1 aromatic rings. The third-order valence-electron chi connectivity index (χ3n) is 3.30. The number of nitrogens with one attached hydrogen (secondary N) is 1. The molecular formula is C14H21NO2S. The molecule has 2 unspecified atom stereocenters. The largest absolute Gasteiger partial charge is 0.495 e. The van der Waals surface area contributed by atoms with Crippen LogP contribution >= 0.6 is 0 Å². The van der Waals surface area contributed by atoms with Gasteiger partial charge in [-0.2, -0.15) is 0 Å². The van der Waals surface area contributed by atoms with Crippen molar-refractivity contribution < 1.29 is 8.95 Å². The van der Waals surface area contributed by atoms with Crippen LogP contribution in [-0.4, -0.2) is 23.6 Å². The van der Waals surface area contributed by atoms with Gasteiger partial charge in [-0.1, -0.05) is 19.1 Å². The van der Waals surface area contributed by atoms with Crippen molar-refractivity contribution in [2.75, 3.05) is 19.4 Å². The number of benzene rings is 1. The minimum Gasteiger partial charge on any atom is -0.495 e. The van der Waals surface area contributed by atoms with Gasteiger partial charge in [-0.3, -0.25) is 4.21 Å². The maximum absolute atomic E-state index is 12.3. The molecule has 0 amide bonds. The molecule has 4 heteroatoms. The van der Waals surface area contributed by atoms with Crippen molar-refractivity contribution in [2.24, 2.45) is 0 Å². The maximum atomic E-state index is 12.3. The van der Waals surface area contributed by atoms with Crippen molar-refractivity contribution >= 4 is 10.8 Å². The molecule has 1 N–H and O–H groups in total. The van der Waals surface area contributed by atoms with Gasteiger partial charge in [-0.25, -0.2) is 0 Å². The zero-order valence-electron chi connectivity index (χ0n) is 11.1. The van der Waals surface area contributed by atoms with Gasteiger partial charge < -0.3 is 10.1 Å². The highest BCUT2D eigenvalue weighted by molar-refractivity contribution is 7.85. The van der Waals surface area contributed by atoms with Gasteiger partial charge in [-0.05, 0) is 37.4 Å². The molecule has 0 aromatic heterocycles. The summed E-state index contributed by atoms with van der Waals surface area (Å²) >= 11 is 0. The molecule has 2 atom stereocenters. The summed E-state index contributed by atoms with van der Waals surface area (Å²) in [5.74, 6) is 1.49. The van der Waals surface area contributed by atoms with Gasteiger partial charge in [-0.15, -0.1) is 0 Å². The summed E-state index contributed by atoms with van der Waals surface area (Å²) in [4.78, 5) is 0.895. The van der Waals surface area contributed by atoms with Crippen LogP contribution < -0.4 is 10.1 Å². The van der Waals surface area contributed by atoms with E-state index < -0.39 is 10.8 Å². The highest BCUT2D eigenvalue weighted by Gasteiger charge is 2.24. The fourth-order valence-corrected chi connectivity index (χ4v) is 3.90. The monoisotopic (exact) mass is 267 g/mol. The highest BCUT2D eigenvalue weighted by Crippen LogP contribution is 2.35. The minimum absolute atomic E-state index is 0.307. The molecule has 18 heavy (non-hydrogen) atoms. The molecule has 1 aliphatic heterocycles. The average Bonchev–Trinajstić information content (AvgIpc) is 2.56. The second kappa shape index (κ2) is 6.34. The summed E-state index contributed by atoms with van der Waals surface area (Å²) in [5.41, 5.74) is 1.15. The standard InChI is InChI=1S/C14H21NO2S/c1-3-9-15-12-7-5-10-18(16)14-11(12)6-4-8-13(14)17-2/h4,6,8,12,15H,3,5,7,9-10H2,1-2H3. The van der Waals surface area contributed by atoms with Crippen molar-refractivity contribution in [3.8, 4) is 5.75 Å². The fraction of sp³-hybridized carbons (Fsp3) is 0.571. The molecule has 0 aliphatic carbocycles. The quantitative estimate of drug-likeness (QED) is 0.911. The summed E-state index contributed by atoms with van der Waals surface area (Å²) < 4.78 is 17.7. The third-order valence-corrected chi connectivity index (χ3v) is 4.85. The van der Waals surface area contributed by atoms with E-state index >= 15 is 0 Å². The van der Waals surface area contributed by atoms with E-state index in [-0.39, 0.29) is 0 Å². The first-order valence-corrected chi connectivity index (χ1v) is 7.88. The highest BCUT2D eigenvalue weighted by atomic mass is 32.2. The predicted octanol–water partition coefficient (Wildman–Crippen LogP) is 2.64. The Hall–Kier alpha value is -0.870. The normalized spacial score (nSPS) is 23.2. The molecule has 0 saturated heterocycles. The Balaban J connectivity index is 2.39. The Labute approximate surface area is 111 Å². The molecule has 0 bridgehead atoms. The Morgan fingerprint density at radius 2 is 2.33 bits per heavy atom. The minimum atomic E-state index is -0.935. The number of hydrogen-bond acceptors (Lipinski definition) is 3. The lowest BCUT2D eigenvalue weighted by molar-refractivity contribution is 0.400. The van der Waals surface area contributed by atoms with Crippen molar-refractivity contribution in [1.82, 2.24) is 5.32 Å². The van der Waals surface area contributed by atoms with Gasteiger partial charge in [0.25, 0.3) is 0 Å². The number of methoxy groups -OCH3 is 1. The Morgan fingerprint density at radius 3 is 3.06 bits per heavy atom. The topological polar surface area (TPSA) is 38.3 Å². The van der Waals surface area contributed by atoms with Crippen molar-refractivity contribution in [3.63, 3.8) is 0 Å². The number of fused-ring (bicyclic) bond motifs is 1. The van der Waals surface area contributed by atoms with Crippen LogP contribution in [0.4, 0.5) is 0 Å². The smallest absolute Gasteiger partial charge is 0.135 e. The van der Waals surface area contributed by atoms with Crippen LogP contribution in [-0.2, 0) is 10.8 Å².